The van der Waals surface area contributed by atoms with Crippen molar-refractivity contribution < 1.29 is 9.53 Å². The minimum atomic E-state index is -0.164. The van der Waals surface area contributed by atoms with E-state index in [4.69, 9.17) is 10.5 Å². The molecule has 1 atom stereocenters. The fourth-order valence-electron chi connectivity index (χ4n) is 2.78. The summed E-state index contributed by atoms with van der Waals surface area (Å²) in [5.74, 6) is 0.674. The van der Waals surface area contributed by atoms with Gasteiger partial charge in [-0.05, 0) is 36.1 Å². The van der Waals surface area contributed by atoms with Crippen LogP contribution in [0.15, 0.2) is 47.0 Å². The van der Waals surface area contributed by atoms with Gasteiger partial charge in [0, 0.05) is 12.1 Å². The second-order valence-corrected chi connectivity index (χ2v) is 6.27. The normalized spacial score (nSPS) is 18.3. The summed E-state index contributed by atoms with van der Waals surface area (Å²) >= 11 is 1.73. The molecular weight excluding hydrogens is 308 g/mol. The Morgan fingerprint density at radius 3 is 2.83 bits per heavy atom. The molecule has 1 aromatic carbocycles. The first kappa shape index (κ1) is 17.5. The van der Waals surface area contributed by atoms with Crippen LogP contribution in [-0.4, -0.2) is 30.7 Å². The SMILES string of the molecule is CC/C=C(/CCN1C(=O)C(N)=CC1c1ccccc1OC)SC. The number of para-hydroxylation sites is 1. The lowest BCUT2D eigenvalue weighted by Crippen LogP contribution is -2.32. The third kappa shape index (κ3) is 3.91. The van der Waals surface area contributed by atoms with Gasteiger partial charge >= 0.3 is 0 Å². The van der Waals surface area contributed by atoms with Crippen LogP contribution in [0, 0.1) is 0 Å². The van der Waals surface area contributed by atoms with Gasteiger partial charge in [0.15, 0.2) is 0 Å². The number of carbonyl (C=O) groups excluding carboxylic acids is 1. The Labute approximate surface area is 142 Å². The number of methoxy groups -OCH3 is 1. The maximum atomic E-state index is 12.4. The van der Waals surface area contributed by atoms with E-state index in [1.165, 1.54) is 4.91 Å². The first-order valence-electron chi connectivity index (χ1n) is 7.76. The first-order valence-corrected chi connectivity index (χ1v) is 8.99. The van der Waals surface area contributed by atoms with Gasteiger partial charge in [0.1, 0.15) is 5.75 Å². The summed E-state index contributed by atoms with van der Waals surface area (Å²) in [6, 6.07) is 7.60. The van der Waals surface area contributed by atoms with E-state index in [0.29, 0.717) is 12.2 Å². The number of carbonyl (C=O) groups is 1. The van der Waals surface area contributed by atoms with Gasteiger partial charge in [-0.3, -0.25) is 4.79 Å². The highest BCUT2D eigenvalue weighted by Crippen LogP contribution is 2.35. The van der Waals surface area contributed by atoms with E-state index in [9.17, 15) is 4.79 Å². The fourth-order valence-corrected chi connectivity index (χ4v) is 3.41. The van der Waals surface area contributed by atoms with Gasteiger partial charge in [0.25, 0.3) is 5.91 Å². The fraction of sp³-hybridized carbons (Fsp3) is 0.389. The standard InChI is InChI=1S/C18H24N2O2S/c1-4-7-13(23-3)10-11-20-16(12-15(19)18(20)21)14-8-5-6-9-17(14)22-2/h5-9,12,16H,4,10-11,19H2,1-3H3/b13-7-. The Hall–Kier alpha value is -1.88. The summed E-state index contributed by atoms with van der Waals surface area (Å²) in [7, 11) is 1.64. The Kier molecular flexibility index (Phi) is 6.16. The first-order chi connectivity index (χ1) is 11.1. The predicted octanol–water partition coefficient (Wildman–Crippen LogP) is 3.47. The summed E-state index contributed by atoms with van der Waals surface area (Å²) in [4.78, 5) is 15.5. The van der Waals surface area contributed by atoms with Crippen LogP contribution in [0.4, 0.5) is 0 Å². The molecule has 0 fully saturated rings. The molecule has 5 heteroatoms. The van der Waals surface area contributed by atoms with E-state index in [-0.39, 0.29) is 11.9 Å². The molecule has 0 aliphatic carbocycles. The van der Waals surface area contributed by atoms with Gasteiger partial charge in [-0.15, -0.1) is 11.8 Å². The number of rotatable bonds is 7. The molecule has 1 amide bonds. The zero-order chi connectivity index (χ0) is 16.8. The highest BCUT2D eigenvalue weighted by molar-refractivity contribution is 8.02. The third-order valence-electron chi connectivity index (χ3n) is 3.93. The molecule has 0 aromatic heterocycles. The predicted molar refractivity (Wildman–Crippen MR) is 96.2 cm³/mol. The van der Waals surface area contributed by atoms with Crippen molar-refractivity contribution in [3.63, 3.8) is 0 Å². The van der Waals surface area contributed by atoms with E-state index in [2.05, 4.69) is 19.3 Å². The monoisotopic (exact) mass is 332 g/mol. The van der Waals surface area contributed by atoms with Crippen LogP contribution in [0.3, 0.4) is 0 Å². The zero-order valence-corrected chi connectivity index (χ0v) is 14.7. The summed E-state index contributed by atoms with van der Waals surface area (Å²) in [5, 5.41) is 0. The van der Waals surface area contributed by atoms with E-state index >= 15 is 0 Å². The maximum Gasteiger partial charge on any atom is 0.270 e. The van der Waals surface area contributed by atoms with Crippen molar-refractivity contribution in [3.8, 4) is 5.75 Å². The molecule has 0 saturated heterocycles. The topological polar surface area (TPSA) is 55.6 Å². The number of nitrogens with two attached hydrogens (primary N) is 1. The molecule has 124 valence electrons. The summed E-state index contributed by atoms with van der Waals surface area (Å²) < 4.78 is 5.44. The zero-order valence-electron chi connectivity index (χ0n) is 13.9. The largest absolute Gasteiger partial charge is 0.496 e. The molecule has 2 N–H and O–H groups in total. The molecule has 0 radical (unpaired) electrons. The number of hydrogen-bond donors (Lipinski definition) is 1. The molecule has 0 saturated carbocycles. The molecule has 0 bridgehead atoms. The minimum absolute atomic E-state index is 0.0992. The van der Waals surface area contributed by atoms with Gasteiger partial charge in [-0.25, -0.2) is 0 Å². The van der Waals surface area contributed by atoms with Gasteiger partial charge in [-0.1, -0.05) is 31.2 Å². The number of thioether (sulfide) groups is 1. The maximum absolute atomic E-state index is 12.4. The molecule has 0 spiro atoms. The van der Waals surface area contributed by atoms with Gasteiger partial charge < -0.3 is 15.4 Å². The highest BCUT2D eigenvalue weighted by Gasteiger charge is 2.33. The van der Waals surface area contributed by atoms with Crippen LogP contribution in [-0.2, 0) is 4.79 Å². The van der Waals surface area contributed by atoms with Crippen LogP contribution < -0.4 is 10.5 Å². The smallest absolute Gasteiger partial charge is 0.270 e. The van der Waals surface area contributed by atoms with Crippen LogP contribution in [0.2, 0.25) is 0 Å². The van der Waals surface area contributed by atoms with Crippen molar-refractivity contribution in [1.82, 2.24) is 4.90 Å². The van der Waals surface area contributed by atoms with Crippen molar-refractivity contribution in [2.24, 2.45) is 5.73 Å². The Balaban J connectivity index is 2.23. The molecule has 1 aliphatic heterocycles. The molecule has 23 heavy (non-hydrogen) atoms. The van der Waals surface area contributed by atoms with Crippen LogP contribution >= 0.6 is 11.8 Å². The van der Waals surface area contributed by atoms with Gasteiger partial charge in [0.05, 0.1) is 18.8 Å². The molecule has 1 heterocycles. The van der Waals surface area contributed by atoms with Crippen molar-refractivity contribution >= 4 is 17.7 Å². The highest BCUT2D eigenvalue weighted by atomic mass is 32.2. The Bertz CT molecular complexity index is 625. The van der Waals surface area contributed by atoms with Gasteiger partial charge in [0.2, 0.25) is 0 Å². The van der Waals surface area contributed by atoms with Crippen molar-refractivity contribution in [3.05, 3.63) is 52.6 Å². The average molecular weight is 332 g/mol. The molecule has 1 aliphatic rings. The van der Waals surface area contributed by atoms with Crippen LogP contribution in [0.25, 0.3) is 0 Å². The lowest BCUT2D eigenvalue weighted by atomic mass is 10.1. The Morgan fingerprint density at radius 1 is 1.43 bits per heavy atom. The second-order valence-electron chi connectivity index (χ2n) is 5.34. The third-order valence-corrected chi connectivity index (χ3v) is 4.83. The summed E-state index contributed by atoms with van der Waals surface area (Å²) in [5.41, 5.74) is 7.17. The average Bonchev–Trinajstić information content (AvgIpc) is 2.86. The summed E-state index contributed by atoms with van der Waals surface area (Å²) in [6.07, 6.45) is 7.94. The van der Waals surface area contributed by atoms with Crippen molar-refractivity contribution in [2.75, 3.05) is 19.9 Å². The lowest BCUT2D eigenvalue weighted by Gasteiger charge is -2.26. The van der Waals surface area contributed by atoms with E-state index < -0.39 is 0 Å². The Morgan fingerprint density at radius 2 is 2.17 bits per heavy atom. The number of amides is 1. The van der Waals surface area contributed by atoms with Crippen LogP contribution in [0.5, 0.6) is 5.75 Å². The molecule has 1 unspecified atom stereocenters. The quantitative estimate of drug-likeness (QED) is 0.831. The van der Waals surface area contributed by atoms with E-state index in [1.807, 2.05) is 35.2 Å². The molecule has 4 nitrogen and oxygen atoms in total. The van der Waals surface area contributed by atoms with Crippen molar-refractivity contribution in [1.29, 1.82) is 0 Å². The van der Waals surface area contributed by atoms with Crippen molar-refractivity contribution in [2.45, 2.75) is 25.8 Å². The minimum Gasteiger partial charge on any atom is -0.496 e. The summed E-state index contributed by atoms with van der Waals surface area (Å²) in [6.45, 7) is 2.76. The van der Waals surface area contributed by atoms with E-state index in [1.54, 1.807) is 18.9 Å². The number of allylic oxidation sites excluding steroid dienone is 1. The van der Waals surface area contributed by atoms with E-state index in [0.717, 1.165) is 24.2 Å². The molecule has 2 rings (SSSR count). The number of ether oxygens (including phenoxy) is 1. The number of nitrogens with zero attached hydrogens (tertiary/aromatic N) is 1. The number of hydrogen-bond acceptors (Lipinski definition) is 4. The lowest BCUT2D eigenvalue weighted by molar-refractivity contribution is -0.127. The number of benzene rings is 1. The molecular formula is C18H24N2O2S. The molecule has 1 aromatic rings. The van der Waals surface area contributed by atoms with Crippen LogP contribution in [0.1, 0.15) is 31.4 Å². The van der Waals surface area contributed by atoms with Gasteiger partial charge in [-0.2, -0.15) is 0 Å². The second kappa shape index (κ2) is 8.11.